The van der Waals surface area contributed by atoms with Crippen molar-refractivity contribution in [3.05, 3.63) is 36.0 Å². The number of aryl methyl sites for hydroxylation is 1. The molecule has 0 bridgehead atoms. The van der Waals surface area contributed by atoms with Crippen LogP contribution in [0.4, 0.5) is 18.9 Å². The van der Waals surface area contributed by atoms with E-state index in [-0.39, 0.29) is 13.2 Å². The molecular formula is C14H15F3N2O. The van der Waals surface area contributed by atoms with Gasteiger partial charge in [-0.1, -0.05) is 18.2 Å². The number of rotatable bonds is 4. The lowest BCUT2D eigenvalue weighted by Gasteiger charge is -2.26. The van der Waals surface area contributed by atoms with Crippen molar-refractivity contribution in [1.82, 2.24) is 4.98 Å². The Labute approximate surface area is 114 Å². The third-order valence-corrected chi connectivity index (χ3v) is 2.90. The van der Waals surface area contributed by atoms with Crippen molar-refractivity contribution >= 4 is 16.6 Å². The number of alkyl halides is 3. The van der Waals surface area contributed by atoms with Crippen LogP contribution in [0, 0.1) is 6.92 Å². The largest absolute Gasteiger partial charge is 0.405 e. The van der Waals surface area contributed by atoms with Crippen molar-refractivity contribution in [3.63, 3.8) is 0 Å². The molecule has 6 heteroatoms. The number of aliphatic hydroxyl groups is 1. The van der Waals surface area contributed by atoms with Gasteiger partial charge in [-0.3, -0.25) is 4.98 Å². The lowest BCUT2D eigenvalue weighted by molar-refractivity contribution is -0.119. The summed E-state index contributed by atoms with van der Waals surface area (Å²) in [6, 6.07) is 8.66. The standard InChI is InChI=1S/C14H15F3N2O/c1-10-8-13(11-4-2-3-5-12(11)18-10)19(6-7-20)9-14(15,16)17/h2-5,8,20H,6-7,9H2,1H3. The molecule has 0 atom stereocenters. The summed E-state index contributed by atoms with van der Waals surface area (Å²) in [6.45, 7) is 0.223. The Morgan fingerprint density at radius 1 is 1.25 bits per heavy atom. The average Bonchev–Trinajstić information content (AvgIpc) is 2.35. The fraction of sp³-hybridized carbons (Fsp3) is 0.357. The first-order valence-corrected chi connectivity index (χ1v) is 6.19. The van der Waals surface area contributed by atoms with Crippen molar-refractivity contribution in [2.24, 2.45) is 0 Å². The normalized spacial score (nSPS) is 11.8. The van der Waals surface area contributed by atoms with Crippen molar-refractivity contribution in [3.8, 4) is 0 Å². The molecule has 0 saturated heterocycles. The molecule has 0 saturated carbocycles. The quantitative estimate of drug-likeness (QED) is 0.938. The molecule has 1 heterocycles. The summed E-state index contributed by atoms with van der Waals surface area (Å²) in [4.78, 5) is 5.44. The number of hydrogen-bond acceptors (Lipinski definition) is 3. The highest BCUT2D eigenvalue weighted by Crippen LogP contribution is 2.29. The summed E-state index contributed by atoms with van der Waals surface area (Å²) >= 11 is 0. The summed E-state index contributed by atoms with van der Waals surface area (Å²) < 4.78 is 38.0. The molecular weight excluding hydrogens is 269 g/mol. The zero-order chi connectivity index (χ0) is 14.8. The molecule has 0 aliphatic carbocycles. The van der Waals surface area contributed by atoms with Crippen LogP contribution in [0.1, 0.15) is 5.69 Å². The Balaban J connectivity index is 2.52. The van der Waals surface area contributed by atoms with E-state index in [4.69, 9.17) is 5.11 Å². The molecule has 2 aromatic rings. The molecule has 0 spiro atoms. The van der Waals surface area contributed by atoms with E-state index in [0.29, 0.717) is 22.3 Å². The van der Waals surface area contributed by atoms with E-state index >= 15 is 0 Å². The summed E-state index contributed by atoms with van der Waals surface area (Å²) in [5.74, 6) is 0. The molecule has 0 radical (unpaired) electrons. The van der Waals surface area contributed by atoms with Crippen LogP contribution < -0.4 is 4.90 Å². The maximum atomic E-state index is 12.7. The molecule has 0 aliphatic heterocycles. The minimum Gasteiger partial charge on any atom is -0.395 e. The molecule has 0 amide bonds. The minimum atomic E-state index is -4.33. The Morgan fingerprint density at radius 3 is 2.60 bits per heavy atom. The smallest absolute Gasteiger partial charge is 0.395 e. The summed E-state index contributed by atoms with van der Waals surface area (Å²) in [5.41, 5.74) is 1.73. The number of pyridine rings is 1. The average molecular weight is 284 g/mol. The summed E-state index contributed by atoms with van der Waals surface area (Å²) in [7, 11) is 0. The van der Waals surface area contributed by atoms with Gasteiger partial charge in [-0.25, -0.2) is 0 Å². The third-order valence-electron chi connectivity index (χ3n) is 2.90. The van der Waals surface area contributed by atoms with E-state index in [1.807, 2.05) is 0 Å². The van der Waals surface area contributed by atoms with E-state index in [2.05, 4.69) is 4.98 Å². The SMILES string of the molecule is Cc1cc(N(CCO)CC(F)(F)F)c2ccccc2n1. The topological polar surface area (TPSA) is 36.4 Å². The van der Waals surface area contributed by atoms with Crippen molar-refractivity contribution in [2.45, 2.75) is 13.1 Å². The highest BCUT2D eigenvalue weighted by Gasteiger charge is 2.31. The molecule has 2 rings (SSSR count). The second-order valence-corrected chi connectivity index (χ2v) is 4.56. The predicted molar refractivity (Wildman–Crippen MR) is 71.8 cm³/mol. The van der Waals surface area contributed by atoms with Gasteiger partial charge in [0, 0.05) is 23.3 Å². The number of fused-ring (bicyclic) bond motifs is 1. The number of benzene rings is 1. The van der Waals surface area contributed by atoms with Gasteiger partial charge < -0.3 is 10.0 Å². The highest BCUT2D eigenvalue weighted by molar-refractivity contribution is 5.92. The van der Waals surface area contributed by atoms with Gasteiger partial charge in [-0.15, -0.1) is 0 Å². The molecule has 1 N–H and O–H groups in total. The van der Waals surface area contributed by atoms with Crippen LogP contribution in [-0.2, 0) is 0 Å². The first-order valence-electron chi connectivity index (χ1n) is 6.19. The Kier molecular flexibility index (Phi) is 4.13. The first-order chi connectivity index (χ1) is 9.40. The van der Waals surface area contributed by atoms with E-state index in [1.54, 1.807) is 37.3 Å². The van der Waals surface area contributed by atoms with E-state index in [9.17, 15) is 13.2 Å². The van der Waals surface area contributed by atoms with Gasteiger partial charge in [-0.05, 0) is 19.1 Å². The van der Waals surface area contributed by atoms with E-state index in [0.717, 1.165) is 4.90 Å². The van der Waals surface area contributed by atoms with E-state index < -0.39 is 12.7 Å². The number of hydrogen-bond donors (Lipinski definition) is 1. The Morgan fingerprint density at radius 2 is 1.95 bits per heavy atom. The predicted octanol–water partition coefficient (Wildman–Crippen LogP) is 2.90. The van der Waals surface area contributed by atoms with Crippen molar-refractivity contribution in [1.29, 1.82) is 0 Å². The Hall–Kier alpha value is -1.82. The van der Waals surface area contributed by atoms with Gasteiger partial charge in [0.15, 0.2) is 0 Å². The number of aliphatic hydroxyl groups excluding tert-OH is 1. The van der Waals surface area contributed by atoms with Crippen LogP contribution >= 0.6 is 0 Å². The van der Waals surface area contributed by atoms with Crippen LogP contribution in [0.25, 0.3) is 10.9 Å². The van der Waals surface area contributed by atoms with Gasteiger partial charge in [0.2, 0.25) is 0 Å². The second kappa shape index (κ2) is 5.66. The van der Waals surface area contributed by atoms with Crippen LogP contribution in [0.3, 0.4) is 0 Å². The third kappa shape index (κ3) is 3.39. The van der Waals surface area contributed by atoms with Crippen molar-refractivity contribution in [2.75, 3.05) is 24.6 Å². The van der Waals surface area contributed by atoms with Gasteiger partial charge in [0.05, 0.1) is 12.1 Å². The molecule has 0 unspecified atom stereocenters. The molecule has 3 nitrogen and oxygen atoms in total. The maximum Gasteiger partial charge on any atom is 0.405 e. The number of nitrogens with zero attached hydrogens (tertiary/aromatic N) is 2. The summed E-state index contributed by atoms with van der Waals surface area (Å²) in [6.07, 6.45) is -4.33. The maximum absolute atomic E-state index is 12.7. The lowest BCUT2D eigenvalue weighted by Crippen LogP contribution is -2.36. The highest BCUT2D eigenvalue weighted by atomic mass is 19.4. The molecule has 1 aromatic carbocycles. The molecule has 0 aliphatic rings. The van der Waals surface area contributed by atoms with Crippen LogP contribution in [0.5, 0.6) is 0 Å². The van der Waals surface area contributed by atoms with Crippen molar-refractivity contribution < 1.29 is 18.3 Å². The molecule has 1 aromatic heterocycles. The fourth-order valence-corrected chi connectivity index (χ4v) is 2.17. The molecule has 108 valence electrons. The number of aromatic nitrogens is 1. The van der Waals surface area contributed by atoms with Gasteiger partial charge in [0.25, 0.3) is 0 Å². The second-order valence-electron chi connectivity index (χ2n) is 4.56. The lowest BCUT2D eigenvalue weighted by atomic mass is 10.1. The van der Waals surface area contributed by atoms with Crippen LogP contribution in [-0.4, -0.2) is 36.0 Å². The van der Waals surface area contributed by atoms with E-state index in [1.165, 1.54) is 0 Å². The minimum absolute atomic E-state index is 0.0764. The first kappa shape index (κ1) is 14.6. The number of anilines is 1. The number of para-hydroxylation sites is 1. The van der Waals surface area contributed by atoms with Crippen LogP contribution in [0.15, 0.2) is 30.3 Å². The molecule has 20 heavy (non-hydrogen) atoms. The number of halogens is 3. The van der Waals surface area contributed by atoms with Gasteiger partial charge >= 0.3 is 6.18 Å². The molecule has 0 fully saturated rings. The fourth-order valence-electron chi connectivity index (χ4n) is 2.17. The summed E-state index contributed by atoms with van der Waals surface area (Å²) in [5, 5.41) is 9.66. The van der Waals surface area contributed by atoms with Gasteiger partial charge in [-0.2, -0.15) is 13.2 Å². The monoisotopic (exact) mass is 284 g/mol. The van der Waals surface area contributed by atoms with Crippen LogP contribution in [0.2, 0.25) is 0 Å². The zero-order valence-electron chi connectivity index (χ0n) is 11.0. The zero-order valence-corrected chi connectivity index (χ0v) is 11.0. The Bertz CT molecular complexity index is 598. The van der Waals surface area contributed by atoms with Gasteiger partial charge in [0.1, 0.15) is 6.54 Å².